The van der Waals surface area contributed by atoms with Gasteiger partial charge < -0.3 is 14.8 Å². The number of ether oxygens (including phenoxy) is 2. The maximum Gasteiger partial charge on any atom is 0.257 e. The maximum atomic E-state index is 11.7. The van der Waals surface area contributed by atoms with Crippen molar-refractivity contribution in [2.24, 2.45) is 0 Å². The monoisotopic (exact) mass is 381 g/mol. The minimum atomic E-state index is -0.147. The quantitative estimate of drug-likeness (QED) is 0.642. The molecule has 0 fully saturated rings. The Balaban J connectivity index is 1.54. The van der Waals surface area contributed by atoms with Crippen LogP contribution in [-0.2, 0) is 4.79 Å². The van der Waals surface area contributed by atoms with Crippen LogP contribution in [0.4, 0.5) is 0 Å². The molecule has 6 heteroatoms. The molecule has 0 aliphatic rings. The van der Waals surface area contributed by atoms with E-state index in [-0.39, 0.29) is 12.5 Å². The standard InChI is InChI=1S/C19H21Cl2NO3/c1-14-12-17(8-9-18(14)21)25-13-19(23)22-10-2-3-11-24-16-6-4-15(20)5-7-16/h4-9,12H,2-3,10-11,13H2,1H3,(H,22,23). The van der Waals surface area contributed by atoms with E-state index in [9.17, 15) is 4.79 Å². The first-order valence-electron chi connectivity index (χ1n) is 8.08. The molecule has 0 saturated carbocycles. The topological polar surface area (TPSA) is 47.6 Å². The van der Waals surface area contributed by atoms with Crippen molar-refractivity contribution >= 4 is 29.1 Å². The summed E-state index contributed by atoms with van der Waals surface area (Å²) in [7, 11) is 0. The highest BCUT2D eigenvalue weighted by Crippen LogP contribution is 2.20. The smallest absolute Gasteiger partial charge is 0.257 e. The second-order valence-corrected chi connectivity index (χ2v) is 6.40. The van der Waals surface area contributed by atoms with Gasteiger partial charge in [-0.15, -0.1) is 0 Å². The van der Waals surface area contributed by atoms with E-state index in [1.54, 1.807) is 24.3 Å². The fraction of sp³-hybridized carbons (Fsp3) is 0.316. The molecule has 2 rings (SSSR count). The molecule has 4 nitrogen and oxygen atoms in total. The number of amides is 1. The van der Waals surface area contributed by atoms with Gasteiger partial charge in [-0.3, -0.25) is 4.79 Å². The van der Waals surface area contributed by atoms with Crippen molar-refractivity contribution in [1.82, 2.24) is 5.32 Å². The van der Waals surface area contributed by atoms with Gasteiger partial charge in [0.1, 0.15) is 11.5 Å². The summed E-state index contributed by atoms with van der Waals surface area (Å²) < 4.78 is 11.0. The predicted octanol–water partition coefficient (Wildman–Crippen LogP) is 4.66. The second-order valence-electron chi connectivity index (χ2n) is 5.56. The number of unbranched alkanes of at least 4 members (excludes halogenated alkanes) is 1. The number of carbonyl (C=O) groups excluding carboxylic acids is 1. The lowest BCUT2D eigenvalue weighted by Gasteiger charge is -2.09. The zero-order valence-electron chi connectivity index (χ0n) is 14.1. The van der Waals surface area contributed by atoms with Crippen LogP contribution in [0.25, 0.3) is 0 Å². The van der Waals surface area contributed by atoms with Crippen molar-refractivity contribution in [1.29, 1.82) is 0 Å². The maximum absolute atomic E-state index is 11.7. The molecule has 134 valence electrons. The van der Waals surface area contributed by atoms with E-state index in [1.165, 1.54) is 0 Å². The van der Waals surface area contributed by atoms with E-state index in [1.807, 2.05) is 25.1 Å². The number of halogens is 2. The summed E-state index contributed by atoms with van der Waals surface area (Å²) in [6.07, 6.45) is 1.68. The van der Waals surface area contributed by atoms with Gasteiger partial charge in [0.25, 0.3) is 5.91 Å². The molecule has 0 saturated heterocycles. The number of hydrogen-bond donors (Lipinski definition) is 1. The number of aryl methyl sites for hydroxylation is 1. The number of nitrogens with one attached hydrogen (secondary N) is 1. The molecule has 0 aliphatic heterocycles. The van der Waals surface area contributed by atoms with Gasteiger partial charge >= 0.3 is 0 Å². The minimum absolute atomic E-state index is 0.0116. The summed E-state index contributed by atoms with van der Waals surface area (Å²) in [5.41, 5.74) is 0.917. The Morgan fingerprint density at radius 2 is 1.72 bits per heavy atom. The third-order valence-corrected chi connectivity index (χ3v) is 4.15. The Morgan fingerprint density at radius 3 is 2.44 bits per heavy atom. The SMILES string of the molecule is Cc1cc(OCC(=O)NCCCCOc2ccc(Cl)cc2)ccc1Cl. The van der Waals surface area contributed by atoms with Crippen LogP contribution in [0.3, 0.4) is 0 Å². The molecule has 0 radical (unpaired) electrons. The van der Waals surface area contributed by atoms with Gasteiger partial charge in [-0.25, -0.2) is 0 Å². The fourth-order valence-corrected chi connectivity index (χ4v) is 2.33. The Morgan fingerprint density at radius 1 is 1.00 bits per heavy atom. The van der Waals surface area contributed by atoms with E-state index in [0.717, 1.165) is 24.2 Å². The van der Waals surface area contributed by atoms with Gasteiger partial charge in [0.2, 0.25) is 0 Å². The van der Waals surface area contributed by atoms with Crippen LogP contribution >= 0.6 is 23.2 Å². The molecule has 2 aromatic rings. The lowest BCUT2D eigenvalue weighted by atomic mass is 10.2. The molecule has 25 heavy (non-hydrogen) atoms. The molecule has 0 unspecified atom stereocenters. The van der Waals surface area contributed by atoms with Crippen LogP contribution in [0.15, 0.2) is 42.5 Å². The van der Waals surface area contributed by atoms with Gasteiger partial charge in [0.05, 0.1) is 6.61 Å². The average Bonchev–Trinajstić information content (AvgIpc) is 2.60. The zero-order valence-corrected chi connectivity index (χ0v) is 15.6. The van der Waals surface area contributed by atoms with Gasteiger partial charge in [-0.2, -0.15) is 0 Å². The van der Waals surface area contributed by atoms with E-state index < -0.39 is 0 Å². The first-order valence-corrected chi connectivity index (χ1v) is 8.84. The molecule has 2 aromatic carbocycles. The fourth-order valence-electron chi connectivity index (χ4n) is 2.08. The van der Waals surface area contributed by atoms with Crippen LogP contribution < -0.4 is 14.8 Å². The van der Waals surface area contributed by atoms with E-state index in [4.69, 9.17) is 32.7 Å². The Kier molecular flexibility index (Phi) is 7.89. The predicted molar refractivity (Wildman–Crippen MR) is 101 cm³/mol. The molecular weight excluding hydrogens is 361 g/mol. The van der Waals surface area contributed by atoms with Gasteiger partial charge in [0, 0.05) is 16.6 Å². The number of hydrogen-bond acceptors (Lipinski definition) is 3. The molecule has 1 N–H and O–H groups in total. The largest absolute Gasteiger partial charge is 0.494 e. The van der Waals surface area contributed by atoms with Crippen molar-refractivity contribution in [3.05, 3.63) is 58.1 Å². The van der Waals surface area contributed by atoms with Crippen molar-refractivity contribution in [3.63, 3.8) is 0 Å². The lowest BCUT2D eigenvalue weighted by molar-refractivity contribution is -0.123. The van der Waals surface area contributed by atoms with E-state index >= 15 is 0 Å². The van der Waals surface area contributed by atoms with Crippen molar-refractivity contribution in [2.45, 2.75) is 19.8 Å². The lowest BCUT2D eigenvalue weighted by Crippen LogP contribution is -2.29. The molecule has 0 bridgehead atoms. The summed E-state index contributed by atoms with van der Waals surface area (Å²) in [6, 6.07) is 12.6. The third kappa shape index (κ3) is 7.24. The third-order valence-electron chi connectivity index (χ3n) is 3.47. The zero-order chi connectivity index (χ0) is 18.1. The highest BCUT2D eigenvalue weighted by molar-refractivity contribution is 6.31. The van der Waals surface area contributed by atoms with Crippen LogP contribution in [0, 0.1) is 6.92 Å². The number of carbonyl (C=O) groups is 1. The highest BCUT2D eigenvalue weighted by atomic mass is 35.5. The second kappa shape index (κ2) is 10.2. The molecular formula is C19H21Cl2NO3. The van der Waals surface area contributed by atoms with Crippen LogP contribution in [0.2, 0.25) is 10.0 Å². The summed E-state index contributed by atoms with van der Waals surface area (Å²) in [4.78, 5) is 11.7. The summed E-state index contributed by atoms with van der Waals surface area (Å²) in [6.45, 7) is 3.06. The van der Waals surface area contributed by atoms with E-state index in [0.29, 0.717) is 28.9 Å². The minimum Gasteiger partial charge on any atom is -0.494 e. The van der Waals surface area contributed by atoms with Gasteiger partial charge in [-0.05, 0) is 67.8 Å². The summed E-state index contributed by atoms with van der Waals surface area (Å²) in [5, 5.41) is 4.19. The Labute approximate surface area is 158 Å². The van der Waals surface area contributed by atoms with Gasteiger partial charge in [0.15, 0.2) is 6.61 Å². The molecule has 0 atom stereocenters. The average molecular weight is 382 g/mol. The molecule has 0 spiro atoms. The highest BCUT2D eigenvalue weighted by Gasteiger charge is 2.04. The summed E-state index contributed by atoms with van der Waals surface area (Å²) in [5.74, 6) is 1.28. The van der Waals surface area contributed by atoms with E-state index in [2.05, 4.69) is 5.32 Å². The normalized spacial score (nSPS) is 10.4. The van der Waals surface area contributed by atoms with Crippen LogP contribution in [0.1, 0.15) is 18.4 Å². The summed E-state index contributed by atoms with van der Waals surface area (Å²) >= 11 is 11.8. The van der Waals surface area contributed by atoms with Gasteiger partial charge in [-0.1, -0.05) is 23.2 Å². The van der Waals surface area contributed by atoms with Crippen molar-refractivity contribution in [2.75, 3.05) is 19.8 Å². The van der Waals surface area contributed by atoms with Crippen LogP contribution in [-0.4, -0.2) is 25.7 Å². The molecule has 0 heterocycles. The van der Waals surface area contributed by atoms with Crippen molar-refractivity contribution in [3.8, 4) is 11.5 Å². The molecule has 0 aliphatic carbocycles. The van der Waals surface area contributed by atoms with Crippen LogP contribution in [0.5, 0.6) is 11.5 Å². The first-order chi connectivity index (χ1) is 12.0. The molecule has 0 aromatic heterocycles. The first kappa shape index (κ1) is 19.4. The Hall–Kier alpha value is -1.91. The van der Waals surface area contributed by atoms with Crippen molar-refractivity contribution < 1.29 is 14.3 Å². The Bertz CT molecular complexity index is 690. The number of benzene rings is 2. The number of rotatable bonds is 9. The molecule has 1 amide bonds.